The lowest BCUT2D eigenvalue weighted by molar-refractivity contribution is -0.140. The van der Waals surface area contributed by atoms with Gasteiger partial charge < -0.3 is 14.8 Å². The minimum atomic E-state index is -0.239. The number of ether oxygens (including phenoxy) is 2. The van der Waals surface area contributed by atoms with Gasteiger partial charge in [-0.1, -0.05) is 12.1 Å². The first kappa shape index (κ1) is 23.1. The Kier molecular flexibility index (Phi) is 7.65. The molecule has 1 N–H and O–H groups in total. The molecule has 0 unspecified atom stereocenters. The van der Waals surface area contributed by atoms with Crippen molar-refractivity contribution in [1.82, 2.24) is 15.1 Å². The summed E-state index contributed by atoms with van der Waals surface area (Å²) in [6.07, 6.45) is 0.895. The number of aromatic nitrogens is 2. The SMILES string of the molecule is CCOc1cccc(CNC(=O)c2ccc(-n3nc(C)c(CCC(=O)OC)c3C)cc2)c1. The van der Waals surface area contributed by atoms with Crippen LogP contribution in [-0.2, 0) is 22.5 Å². The molecule has 0 aliphatic heterocycles. The van der Waals surface area contributed by atoms with Gasteiger partial charge in [-0.3, -0.25) is 9.59 Å². The van der Waals surface area contributed by atoms with Crippen molar-refractivity contribution < 1.29 is 19.1 Å². The highest BCUT2D eigenvalue weighted by atomic mass is 16.5. The maximum Gasteiger partial charge on any atom is 0.305 e. The summed E-state index contributed by atoms with van der Waals surface area (Å²) in [6.45, 7) is 6.86. The minimum absolute atomic E-state index is 0.148. The van der Waals surface area contributed by atoms with Crippen LogP contribution in [0.5, 0.6) is 5.75 Å². The van der Waals surface area contributed by atoms with E-state index >= 15 is 0 Å². The molecule has 1 heterocycles. The first-order valence-electron chi connectivity index (χ1n) is 10.6. The average molecular weight is 436 g/mol. The topological polar surface area (TPSA) is 82.5 Å². The summed E-state index contributed by atoms with van der Waals surface area (Å²) in [6, 6.07) is 15.0. The van der Waals surface area contributed by atoms with Gasteiger partial charge >= 0.3 is 5.97 Å². The molecule has 3 rings (SSSR count). The smallest absolute Gasteiger partial charge is 0.305 e. The molecule has 2 aromatic carbocycles. The monoisotopic (exact) mass is 435 g/mol. The number of hydrogen-bond acceptors (Lipinski definition) is 5. The number of methoxy groups -OCH3 is 1. The van der Waals surface area contributed by atoms with Gasteiger partial charge in [0.1, 0.15) is 5.75 Å². The fourth-order valence-electron chi connectivity index (χ4n) is 3.57. The second kappa shape index (κ2) is 10.6. The van der Waals surface area contributed by atoms with Gasteiger partial charge in [0, 0.05) is 24.2 Å². The molecule has 0 spiro atoms. The molecule has 7 heteroatoms. The average Bonchev–Trinajstić information content (AvgIpc) is 3.09. The van der Waals surface area contributed by atoms with E-state index in [2.05, 4.69) is 10.4 Å². The molecule has 0 bridgehead atoms. The van der Waals surface area contributed by atoms with Crippen molar-refractivity contribution in [3.63, 3.8) is 0 Å². The van der Waals surface area contributed by atoms with Crippen LogP contribution in [0.15, 0.2) is 48.5 Å². The van der Waals surface area contributed by atoms with Crippen LogP contribution in [-0.4, -0.2) is 35.4 Å². The number of aryl methyl sites for hydroxylation is 1. The molecule has 1 amide bonds. The molecule has 7 nitrogen and oxygen atoms in total. The van der Waals surface area contributed by atoms with E-state index in [1.807, 2.05) is 61.9 Å². The van der Waals surface area contributed by atoms with E-state index in [0.717, 1.165) is 34.0 Å². The van der Waals surface area contributed by atoms with Crippen LogP contribution in [0, 0.1) is 13.8 Å². The van der Waals surface area contributed by atoms with Crippen molar-refractivity contribution in [3.8, 4) is 11.4 Å². The Bertz CT molecular complexity index is 1090. The van der Waals surface area contributed by atoms with Crippen LogP contribution in [0.1, 0.15) is 46.2 Å². The third-order valence-corrected chi connectivity index (χ3v) is 5.28. The number of nitrogens with one attached hydrogen (secondary N) is 1. The van der Waals surface area contributed by atoms with E-state index in [9.17, 15) is 9.59 Å². The molecule has 1 aromatic heterocycles. The summed E-state index contributed by atoms with van der Waals surface area (Å²) in [7, 11) is 1.39. The lowest BCUT2D eigenvalue weighted by Gasteiger charge is -2.09. The number of nitrogens with zero attached hydrogens (tertiary/aromatic N) is 2. The predicted molar refractivity (Wildman–Crippen MR) is 122 cm³/mol. The summed E-state index contributed by atoms with van der Waals surface area (Å²) >= 11 is 0. The summed E-state index contributed by atoms with van der Waals surface area (Å²) in [5.74, 6) is 0.404. The quantitative estimate of drug-likeness (QED) is 0.515. The molecular formula is C25H29N3O4. The molecule has 0 atom stereocenters. The van der Waals surface area contributed by atoms with Crippen molar-refractivity contribution in [2.75, 3.05) is 13.7 Å². The zero-order valence-electron chi connectivity index (χ0n) is 19.0. The number of amides is 1. The number of carbonyl (C=O) groups excluding carboxylic acids is 2. The van der Waals surface area contributed by atoms with Crippen molar-refractivity contribution in [3.05, 3.63) is 76.6 Å². The first-order valence-corrected chi connectivity index (χ1v) is 10.6. The highest BCUT2D eigenvalue weighted by molar-refractivity contribution is 5.94. The molecular weight excluding hydrogens is 406 g/mol. The fourth-order valence-corrected chi connectivity index (χ4v) is 3.57. The Balaban J connectivity index is 1.66. The summed E-state index contributed by atoms with van der Waals surface area (Å²) in [5, 5.41) is 7.55. The Morgan fingerprint density at radius 3 is 2.53 bits per heavy atom. The van der Waals surface area contributed by atoms with Crippen molar-refractivity contribution in [2.24, 2.45) is 0 Å². The van der Waals surface area contributed by atoms with Gasteiger partial charge in [0.2, 0.25) is 0 Å². The zero-order valence-corrected chi connectivity index (χ0v) is 19.0. The van der Waals surface area contributed by atoms with Crippen LogP contribution in [0.4, 0.5) is 0 Å². The van der Waals surface area contributed by atoms with Gasteiger partial charge in [-0.2, -0.15) is 5.10 Å². The van der Waals surface area contributed by atoms with E-state index < -0.39 is 0 Å². The van der Waals surface area contributed by atoms with Crippen LogP contribution in [0.3, 0.4) is 0 Å². The highest BCUT2D eigenvalue weighted by Crippen LogP contribution is 2.20. The maximum atomic E-state index is 12.6. The number of carbonyl (C=O) groups is 2. The molecule has 0 fully saturated rings. The third kappa shape index (κ3) is 5.55. The Morgan fingerprint density at radius 2 is 1.84 bits per heavy atom. The van der Waals surface area contributed by atoms with Gasteiger partial charge in [0.05, 0.1) is 25.1 Å². The maximum absolute atomic E-state index is 12.6. The Labute approximate surface area is 188 Å². The van der Waals surface area contributed by atoms with Crippen LogP contribution < -0.4 is 10.1 Å². The predicted octanol–water partition coefficient (Wildman–Crippen LogP) is 3.92. The molecule has 0 aliphatic carbocycles. The second-order valence-corrected chi connectivity index (χ2v) is 7.45. The van der Waals surface area contributed by atoms with E-state index in [-0.39, 0.29) is 11.9 Å². The largest absolute Gasteiger partial charge is 0.494 e. The van der Waals surface area contributed by atoms with Crippen molar-refractivity contribution in [2.45, 2.75) is 40.2 Å². The van der Waals surface area contributed by atoms with Crippen molar-refractivity contribution in [1.29, 1.82) is 0 Å². The van der Waals surface area contributed by atoms with E-state index in [1.165, 1.54) is 7.11 Å². The van der Waals surface area contributed by atoms with Gasteiger partial charge in [-0.25, -0.2) is 4.68 Å². The lowest BCUT2D eigenvalue weighted by atomic mass is 10.1. The summed E-state index contributed by atoms with van der Waals surface area (Å²) in [5.41, 5.74) is 5.29. The van der Waals surface area contributed by atoms with Crippen LogP contribution >= 0.6 is 0 Å². The van der Waals surface area contributed by atoms with E-state index in [0.29, 0.717) is 31.6 Å². The highest BCUT2D eigenvalue weighted by Gasteiger charge is 2.15. The summed E-state index contributed by atoms with van der Waals surface area (Å²) < 4.78 is 12.1. The first-order chi connectivity index (χ1) is 15.4. The third-order valence-electron chi connectivity index (χ3n) is 5.28. The molecule has 3 aromatic rings. The Morgan fingerprint density at radius 1 is 1.09 bits per heavy atom. The van der Waals surface area contributed by atoms with Gasteiger partial charge in [-0.05, 0) is 74.7 Å². The number of benzene rings is 2. The van der Waals surface area contributed by atoms with Crippen molar-refractivity contribution >= 4 is 11.9 Å². The minimum Gasteiger partial charge on any atom is -0.494 e. The molecule has 32 heavy (non-hydrogen) atoms. The standard InChI is InChI=1S/C25H29N3O4/c1-5-32-22-8-6-7-19(15-22)16-26-25(30)20-9-11-21(12-10-20)28-18(3)23(17(2)27-28)13-14-24(29)31-4/h6-12,15H,5,13-14,16H2,1-4H3,(H,26,30). The fraction of sp³-hybridized carbons (Fsp3) is 0.320. The summed E-state index contributed by atoms with van der Waals surface area (Å²) in [4.78, 5) is 24.1. The number of rotatable bonds is 9. The second-order valence-electron chi connectivity index (χ2n) is 7.45. The van der Waals surface area contributed by atoms with Crippen LogP contribution in [0.2, 0.25) is 0 Å². The molecule has 0 saturated carbocycles. The van der Waals surface area contributed by atoms with E-state index in [4.69, 9.17) is 9.47 Å². The lowest BCUT2D eigenvalue weighted by Crippen LogP contribution is -2.22. The Hall–Kier alpha value is -3.61. The normalized spacial score (nSPS) is 10.6. The molecule has 0 saturated heterocycles. The zero-order chi connectivity index (χ0) is 23.1. The van der Waals surface area contributed by atoms with Gasteiger partial charge in [0.25, 0.3) is 5.91 Å². The van der Waals surface area contributed by atoms with Gasteiger partial charge in [-0.15, -0.1) is 0 Å². The molecule has 0 radical (unpaired) electrons. The van der Waals surface area contributed by atoms with Gasteiger partial charge in [0.15, 0.2) is 0 Å². The molecule has 168 valence electrons. The number of esters is 1. The number of hydrogen-bond donors (Lipinski definition) is 1. The van der Waals surface area contributed by atoms with E-state index in [1.54, 1.807) is 12.1 Å². The van der Waals surface area contributed by atoms with Crippen LogP contribution in [0.25, 0.3) is 5.69 Å². The molecule has 0 aliphatic rings.